The van der Waals surface area contributed by atoms with E-state index in [2.05, 4.69) is 0 Å². The van der Waals surface area contributed by atoms with Gasteiger partial charge in [0.2, 0.25) is 5.78 Å². The first-order chi connectivity index (χ1) is 14.4. The fraction of sp³-hybridized carbons (Fsp3) is 0.304. The molecular formula is C23H24N2O4S. The zero-order valence-corrected chi connectivity index (χ0v) is 18.0. The lowest BCUT2D eigenvalue weighted by Gasteiger charge is -2.26. The molecule has 1 unspecified atom stereocenters. The number of aryl methyl sites for hydroxylation is 1. The van der Waals surface area contributed by atoms with Crippen molar-refractivity contribution in [3.05, 3.63) is 69.3 Å². The highest BCUT2D eigenvalue weighted by Gasteiger charge is 2.45. The molecule has 1 aromatic carbocycles. The normalized spacial score (nSPS) is 17.0. The van der Waals surface area contributed by atoms with Gasteiger partial charge in [-0.3, -0.25) is 9.59 Å². The molecule has 0 spiro atoms. The van der Waals surface area contributed by atoms with Crippen LogP contribution in [0.2, 0.25) is 0 Å². The van der Waals surface area contributed by atoms with E-state index in [1.54, 1.807) is 17.0 Å². The van der Waals surface area contributed by atoms with Gasteiger partial charge in [0.25, 0.3) is 5.91 Å². The highest BCUT2D eigenvalue weighted by Crippen LogP contribution is 2.42. The topological polar surface area (TPSA) is 74.0 Å². The number of rotatable bonds is 7. The molecule has 0 saturated carbocycles. The molecule has 2 aromatic heterocycles. The number of benzene rings is 1. The minimum atomic E-state index is -0.611. The lowest BCUT2D eigenvalue weighted by Crippen LogP contribution is -2.33. The van der Waals surface area contributed by atoms with Crippen molar-refractivity contribution < 1.29 is 19.1 Å². The van der Waals surface area contributed by atoms with E-state index in [4.69, 9.17) is 4.42 Å². The summed E-state index contributed by atoms with van der Waals surface area (Å²) < 4.78 is 5.74. The second-order valence-corrected chi connectivity index (χ2v) is 8.71. The van der Waals surface area contributed by atoms with Gasteiger partial charge < -0.3 is 19.3 Å². The number of hydrogen-bond acceptors (Lipinski definition) is 6. The summed E-state index contributed by atoms with van der Waals surface area (Å²) in [6.45, 7) is 3.19. The number of furan rings is 1. The largest absolute Gasteiger partial charge is 0.503 e. The van der Waals surface area contributed by atoms with Crippen molar-refractivity contribution in [2.45, 2.75) is 19.4 Å². The predicted octanol–water partition coefficient (Wildman–Crippen LogP) is 4.33. The molecule has 1 N–H and O–H groups in total. The number of para-hydroxylation sites is 1. The van der Waals surface area contributed by atoms with Gasteiger partial charge in [0.1, 0.15) is 5.58 Å². The number of nitrogens with zero attached hydrogens (tertiary/aromatic N) is 2. The number of thiophene rings is 1. The predicted molar refractivity (Wildman–Crippen MR) is 117 cm³/mol. The van der Waals surface area contributed by atoms with Crippen LogP contribution in [0.15, 0.2) is 57.5 Å². The lowest BCUT2D eigenvalue weighted by atomic mass is 9.98. The van der Waals surface area contributed by atoms with Gasteiger partial charge >= 0.3 is 0 Å². The number of aliphatic hydroxyl groups excluding tert-OH is 1. The van der Waals surface area contributed by atoms with E-state index in [1.807, 2.05) is 55.6 Å². The Morgan fingerprint density at radius 3 is 2.70 bits per heavy atom. The van der Waals surface area contributed by atoms with Crippen LogP contribution in [0.25, 0.3) is 11.0 Å². The summed E-state index contributed by atoms with van der Waals surface area (Å²) in [5, 5.41) is 13.5. The van der Waals surface area contributed by atoms with Gasteiger partial charge in [0.05, 0.1) is 11.6 Å². The molecule has 156 valence electrons. The number of hydrogen-bond donors (Lipinski definition) is 1. The molecule has 0 aliphatic carbocycles. The summed E-state index contributed by atoms with van der Waals surface area (Å²) in [5.74, 6) is -1.32. The number of carbonyl (C=O) groups excluding carboxylic acids is 2. The van der Waals surface area contributed by atoms with Gasteiger partial charge in [-0.25, -0.2) is 0 Å². The Hall–Kier alpha value is -2.90. The molecule has 1 aliphatic heterocycles. The number of Topliss-reactive ketones (excluding diaryl/α,β-unsaturated/α-hetero) is 1. The molecule has 6 nitrogen and oxygen atoms in total. The molecule has 0 saturated heterocycles. The van der Waals surface area contributed by atoms with Crippen LogP contribution in [0, 0.1) is 6.92 Å². The molecule has 3 aromatic rings. The van der Waals surface area contributed by atoms with Crippen LogP contribution >= 0.6 is 11.3 Å². The van der Waals surface area contributed by atoms with Gasteiger partial charge in [-0.2, -0.15) is 0 Å². The number of ketones is 1. The van der Waals surface area contributed by atoms with E-state index in [1.165, 1.54) is 11.3 Å². The third-order valence-electron chi connectivity index (χ3n) is 5.35. The number of fused-ring (bicyclic) bond motifs is 1. The number of carbonyl (C=O) groups is 2. The zero-order valence-electron chi connectivity index (χ0n) is 17.2. The molecule has 0 radical (unpaired) electrons. The molecule has 30 heavy (non-hydrogen) atoms. The van der Waals surface area contributed by atoms with Crippen molar-refractivity contribution >= 4 is 34.0 Å². The highest BCUT2D eigenvalue weighted by molar-refractivity contribution is 7.10. The number of amides is 1. The van der Waals surface area contributed by atoms with Crippen molar-refractivity contribution in [1.82, 2.24) is 9.80 Å². The first kappa shape index (κ1) is 20.4. The highest BCUT2D eigenvalue weighted by atomic mass is 32.1. The quantitative estimate of drug-likeness (QED) is 0.572. The molecule has 3 heterocycles. The fourth-order valence-electron chi connectivity index (χ4n) is 3.84. The molecular weight excluding hydrogens is 400 g/mol. The summed E-state index contributed by atoms with van der Waals surface area (Å²) >= 11 is 1.48. The average molecular weight is 425 g/mol. The maximum Gasteiger partial charge on any atom is 0.290 e. The lowest BCUT2D eigenvalue weighted by molar-refractivity contribution is -0.129. The summed E-state index contributed by atoms with van der Waals surface area (Å²) in [6.07, 6.45) is 0.735. The van der Waals surface area contributed by atoms with Gasteiger partial charge in [-0.05, 0) is 63.1 Å². The van der Waals surface area contributed by atoms with E-state index in [0.29, 0.717) is 12.1 Å². The van der Waals surface area contributed by atoms with Gasteiger partial charge in [-0.1, -0.05) is 18.2 Å². The minimum absolute atomic E-state index is 0.0921. The molecule has 0 bridgehead atoms. The minimum Gasteiger partial charge on any atom is -0.503 e. The molecule has 4 rings (SSSR count). The van der Waals surface area contributed by atoms with Crippen molar-refractivity contribution in [3.63, 3.8) is 0 Å². The molecule has 1 aliphatic rings. The zero-order chi connectivity index (χ0) is 21.4. The fourth-order valence-corrected chi connectivity index (χ4v) is 4.88. The van der Waals surface area contributed by atoms with Crippen molar-refractivity contribution in [2.24, 2.45) is 0 Å². The van der Waals surface area contributed by atoms with Crippen molar-refractivity contribution in [1.29, 1.82) is 0 Å². The first-order valence-corrected chi connectivity index (χ1v) is 10.7. The Bertz CT molecular complexity index is 1110. The van der Waals surface area contributed by atoms with Crippen LogP contribution in [0.3, 0.4) is 0 Å². The summed E-state index contributed by atoms with van der Waals surface area (Å²) in [5.41, 5.74) is 1.67. The SMILES string of the molecule is Cc1ccsc1C1C(C(=O)c2cc3ccccc3o2)=C(O)C(=O)N1CCCN(C)C. The summed E-state index contributed by atoms with van der Waals surface area (Å²) in [4.78, 5) is 30.9. The van der Waals surface area contributed by atoms with Gasteiger partial charge in [0, 0.05) is 16.8 Å². The molecule has 1 amide bonds. The van der Waals surface area contributed by atoms with Crippen LogP contribution in [-0.4, -0.2) is 53.8 Å². The van der Waals surface area contributed by atoms with Crippen LogP contribution in [0.5, 0.6) is 0 Å². The summed E-state index contributed by atoms with van der Waals surface area (Å²) in [7, 11) is 3.94. The average Bonchev–Trinajstić information content (AvgIpc) is 3.39. The Kier molecular flexibility index (Phi) is 5.49. The second-order valence-electron chi connectivity index (χ2n) is 7.77. The van der Waals surface area contributed by atoms with Crippen molar-refractivity contribution in [3.8, 4) is 0 Å². The molecule has 0 fully saturated rings. The Morgan fingerprint density at radius 2 is 2.03 bits per heavy atom. The van der Waals surface area contributed by atoms with E-state index < -0.39 is 23.5 Å². The summed E-state index contributed by atoms with van der Waals surface area (Å²) in [6, 6.07) is 10.4. The van der Waals surface area contributed by atoms with E-state index in [0.717, 1.165) is 28.8 Å². The Labute approximate surface area is 179 Å². The van der Waals surface area contributed by atoms with E-state index in [9.17, 15) is 14.7 Å². The van der Waals surface area contributed by atoms with Gasteiger partial charge in [-0.15, -0.1) is 11.3 Å². The first-order valence-electron chi connectivity index (χ1n) is 9.84. The van der Waals surface area contributed by atoms with E-state index >= 15 is 0 Å². The Morgan fingerprint density at radius 1 is 1.27 bits per heavy atom. The smallest absolute Gasteiger partial charge is 0.290 e. The monoisotopic (exact) mass is 424 g/mol. The second kappa shape index (κ2) is 8.08. The standard InChI is InChI=1S/C23H24N2O4S/c1-14-9-12-30-22(14)19-18(21(27)23(28)25(19)11-6-10-24(2)3)20(26)17-13-15-7-4-5-8-16(15)29-17/h4-5,7-9,12-13,19,27H,6,10-11H2,1-3H3. The number of aliphatic hydroxyl groups is 1. The maximum atomic E-state index is 13.4. The maximum absolute atomic E-state index is 13.4. The van der Waals surface area contributed by atoms with Crippen LogP contribution in [0.1, 0.15) is 33.5 Å². The van der Waals surface area contributed by atoms with Crippen LogP contribution in [0.4, 0.5) is 0 Å². The van der Waals surface area contributed by atoms with Crippen LogP contribution < -0.4 is 0 Å². The van der Waals surface area contributed by atoms with Gasteiger partial charge in [0.15, 0.2) is 11.5 Å². The molecule has 7 heteroatoms. The van der Waals surface area contributed by atoms with Crippen LogP contribution in [-0.2, 0) is 4.79 Å². The third kappa shape index (κ3) is 3.55. The van der Waals surface area contributed by atoms with Crippen molar-refractivity contribution in [2.75, 3.05) is 27.2 Å². The van der Waals surface area contributed by atoms with E-state index in [-0.39, 0.29) is 11.3 Å². The third-order valence-corrected chi connectivity index (χ3v) is 6.42. The Balaban J connectivity index is 1.74. The molecule has 1 atom stereocenters.